The molecule has 1 fully saturated rings. The van der Waals surface area contributed by atoms with Crippen LogP contribution in [0.25, 0.3) is 10.2 Å². The van der Waals surface area contributed by atoms with Crippen LogP contribution in [0.15, 0.2) is 39.9 Å². The van der Waals surface area contributed by atoms with Crippen molar-refractivity contribution in [3.8, 4) is 0 Å². The summed E-state index contributed by atoms with van der Waals surface area (Å²) in [5.41, 5.74) is 0.673. The zero-order valence-corrected chi connectivity index (χ0v) is 19.4. The average Bonchev–Trinajstić information content (AvgIpc) is 3.16. The van der Waals surface area contributed by atoms with Crippen LogP contribution in [-0.2, 0) is 24.1 Å². The Bertz CT molecular complexity index is 1300. The summed E-state index contributed by atoms with van der Waals surface area (Å²) in [5, 5.41) is 0.648. The van der Waals surface area contributed by atoms with Crippen LogP contribution in [0.3, 0.4) is 0 Å². The molecule has 1 aromatic carbocycles. The van der Waals surface area contributed by atoms with E-state index >= 15 is 0 Å². The summed E-state index contributed by atoms with van der Waals surface area (Å²) in [6, 6.07) is 8.80. The predicted molar refractivity (Wildman–Crippen MR) is 126 cm³/mol. The van der Waals surface area contributed by atoms with Gasteiger partial charge >= 0.3 is 5.69 Å². The molecule has 1 saturated heterocycles. The smallest absolute Gasteiger partial charge is 0.332 e. The number of aryl methyl sites for hydroxylation is 2. The summed E-state index contributed by atoms with van der Waals surface area (Å²) < 4.78 is 8.81. The SMILES string of the molecule is CC1(C)C[C@@H](n2c(=O)c3c4c(sc3n(CC(=O)c3ccccc3)c2=O)CCCC4)CCO1. The van der Waals surface area contributed by atoms with Crippen molar-refractivity contribution < 1.29 is 9.53 Å². The zero-order valence-electron chi connectivity index (χ0n) is 18.6. The monoisotopic (exact) mass is 452 g/mol. The Labute approximate surface area is 190 Å². The van der Waals surface area contributed by atoms with Crippen LogP contribution in [-0.4, -0.2) is 27.1 Å². The van der Waals surface area contributed by atoms with Crippen molar-refractivity contribution in [2.45, 2.75) is 70.6 Å². The van der Waals surface area contributed by atoms with E-state index in [0.29, 0.717) is 35.2 Å². The number of hydrogen-bond donors (Lipinski definition) is 0. The van der Waals surface area contributed by atoms with Crippen LogP contribution < -0.4 is 11.2 Å². The highest BCUT2D eigenvalue weighted by Crippen LogP contribution is 2.35. The lowest BCUT2D eigenvalue weighted by Gasteiger charge is -2.36. The second-order valence-electron chi connectivity index (χ2n) is 9.48. The Hall–Kier alpha value is -2.51. The normalized spacial score (nSPS) is 20.2. The first kappa shape index (κ1) is 21.3. The Morgan fingerprint density at radius 3 is 2.66 bits per heavy atom. The van der Waals surface area contributed by atoms with Crippen LogP contribution in [0, 0.1) is 0 Å². The highest BCUT2D eigenvalue weighted by molar-refractivity contribution is 7.18. The minimum atomic E-state index is -0.400. The van der Waals surface area contributed by atoms with E-state index in [2.05, 4.69) is 0 Å². The molecular formula is C25H28N2O4S. The number of benzene rings is 1. The van der Waals surface area contributed by atoms with Crippen molar-refractivity contribution >= 4 is 27.3 Å². The van der Waals surface area contributed by atoms with E-state index in [-0.39, 0.29) is 29.6 Å². The van der Waals surface area contributed by atoms with Crippen LogP contribution in [0.4, 0.5) is 0 Å². The molecule has 1 aliphatic heterocycles. The first-order valence-electron chi connectivity index (χ1n) is 11.4. The third-order valence-electron chi connectivity index (χ3n) is 6.70. The fraction of sp³-hybridized carbons (Fsp3) is 0.480. The molecule has 0 unspecified atom stereocenters. The number of Topliss-reactive ketones (excluding diaryl/α,β-unsaturated/α-hetero) is 1. The topological polar surface area (TPSA) is 70.3 Å². The second kappa shape index (κ2) is 8.12. The molecule has 0 bridgehead atoms. The lowest BCUT2D eigenvalue weighted by molar-refractivity contribution is -0.0702. The maximum atomic E-state index is 13.7. The van der Waals surface area contributed by atoms with Gasteiger partial charge in [0.05, 0.1) is 17.5 Å². The van der Waals surface area contributed by atoms with E-state index in [0.717, 1.165) is 31.2 Å². The number of carbonyl (C=O) groups excluding carboxylic acids is 1. The molecule has 1 atom stereocenters. The summed E-state index contributed by atoms with van der Waals surface area (Å²) in [6.07, 6.45) is 5.13. The number of nitrogens with zero attached hydrogens (tertiary/aromatic N) is 2. The molecule has 2 aromatic heterocycles. The molecule has 32 heavy (non-hydrogen) atoms. The maximum Gasteiger partial charge on any atom is 0.332 e. The van der Waals surface area contributed by atoms with Crippen LogP contribution in [0.1, 0.15) is 66.4 Å². The molecule has 0 saturated carbocycles. The second-order valence-corrected chi connectivity index (χ2v) is 10.6. The van der Waals surface area contributed by atoms with Gasteiger partial charge in [-0.3, -0.25) is 18.7 Å². The highest BCUT2D eigenvalue weighted by Gasteiger charge is 2.33. The molecule has 1 aliphatic carbocycles. The highest BCUT2D eigenvalue weighted by atomic mass is 32.1. The number of ketones is 1. The quantitative estimate of drug-likeness (QED) is 0.559. The van der Waals surface area contributed by atoms with Crippen LogP contribution >= 0.6 is 11.3 Å². The van der Waals surface area contributed by atoms with Gasteiger partial charge in [0.25, 0.3) is 5.56 Å². The van der Waals surface area contributed by atoms with E-state index in [1.165, 1.54) is 20.8 Å². The summed E-state index contributed by atoms with van der Waals surface area (Å²) in [7, 11) is 0. The fourth-order valence-corrected chi connectivity index (χ4v) is 6.50. The third kappa shape index (κ3) is 3.67. The van der Waals surface area contributed by atoms with Gasteiger partial charge in [-0.05, 0) is 57.9 Å². The largest absolute Gasteiger partial charge is 0.375 e. The summed E-state index contributed by atoms with van der Waals surface area (Å²) >= 11 is 1.52. The number of fused-ring (bicyclic) bond motifs is 3. The minimum absolute atomic E-state index is 0.0639. The van der Waals surface area contributed by atoms with Gasteiger partial charge in [-0.1, -0.05) is 30.3 Å². The molecule has 6 nitrogen and oxygen atoms in total. The molecule has 168 valence electrons. The Morgan fingerprint density at radius 1 is 1.16 bits per heavy atom. The number of thiophene rings is 1. The number of rotatable bonds is 4. The van der Waals surface area contributed by atoms with Gasteiger partial charge in [0.2, 0.25) is 0 Å². The molecule has 3 aromatic rings. The van der Waals surface area contributed by atoms with Gasteiger partial charge in [-0.2, -0.15) is 0 Å². The van der Waals surface area contributed by atoms with Crippen LogP contribution in [0.2, 0.25) is 0 Å². The van der Waals surface area contributed by atoms with E-state index in [1.54, 1.807) is 16.7 Å². The van der Waals surface area contributed by atoms with Gasteiger partial charge < -0.3 is 4.74 Å². The van der Waals surface area contributed by atoms with Gasteiger partial charge in [-0.25, -0.2) is 4.79 Å². The maximum absolute atomic E-state index is 13.7. The van der Waals surface area contributed by atoms with Gasteiger partial charge in [0.15, 0.2) is 5.78 Å². The molecule has 7 heteroatoms. The summed E-state index contributed by atoms with van der Waals surface area (Å²) in [4.78, 5) is 42.4. The number of carbonyl (C=O) groups is 1. The Balaban J connectivity index is 1.71. The Kier molecular flexibility index (Phi) is 5.42. The van der Waals surface area contributed by atoms with Gasteiger partial charge in [0, 0.05) is 23.1 Å². The molecule has 0 amide bonds. The number of aromatic nitrogens is 2. The molecule has 0 radical (unpaired) electrons. The van der Waals surface area contributed by atoms with Crippen molar-refractivity contribution in [1.29, 1.82) is 0 Å². The molecular weight excluding hydrogens is 424 g/mol. The molecule has 2 aliphatic rings. The van der Waals surface area contributed by atoms with E-state index in [1.807, 2.05) is 32.0 Å². The van der Waals surface area contributed by atoms with Crippen molar-refractivity contribution in [2.75, 3.05) is 6.61 Å². The molecule has 5 rings (SSSR count). The average molecular weight is 453 g/mol. The molecule has 3 heterocycles. The minimum Gasteiger partial charge on any atom is -0.375 e. The number of hydrogen-bond acceptors (Lipinski definition) is 5. The summed E-state index contributed by atoms with van der Waals surface area (Å²) in [6.45, 7) is 4.43. The summed E-state index contributed by atoms with van der Waals surface area (Å²) in [5.74, 6) is -0.127. The molecule has 0 spiro atoms. The van der Waals surface area contributed by atoms with Gasteiger partial charge in [-0.15, -0.1) is 11.3 Å². The van der Waals surface area contributed by atoms with E-state index in [4.69, 9.17) is 4.74 Å². The number of ether oxygens (including phenoxy) is 1. The van der Waals surface area contributed by atoms with Crippen molar-refractivity contribution in [2.24, 2.45) is 0 Å². The van der Waals surface area contributed by atoms with E-state index in [9.17, 15) is 14.4 Å². The Morgan fingerprint density at radius 2 is 1.91 bits per heavy atom. The van der Waals surface area contributed by atoms with Crippen molar-refractivity contribution in [3.63, 3.8) is 0 Å². The van der Waals surface area contributed by atoms with E-state index < -0.39 is 5.60 Å². The zero-order chi connectivity index (χ0) is 22.5. The first-order chi connectivity index (χ1) is 15.4. The lowest BCUT2D eigenvalue weighted by atomic mass is 9.93. The first-order valence-corrected chi connectivity index (χ1v) is 12.2. The fourth-order valence-electron chi connectivity index (χ4n) is 5.13. The molecule has 0 N–H and O–H groups in total. The standard InChI is InChI=1S/C25H28N2O4S/c1-25(2)14-17(12-13-31-25)27-22(29)21-18-10-6-7-11-20(18)32-23(21)26(24(27)30)15-19(28)16-8-4-3-5-9-16/h3-5,8-9,17H,6-7,10-15H2,1-2H3/t17-/m0/s1. The van der Waals surface area contributed by atoms with Crippen molar-refractivity contribution in [1.82, 2.24) is 9.13 Å². The van der Waals surface area contributed by atoms with Gasteiger partial charge in [0.1, 0.15) is 4.83 Å². The third-order valence-corrected chi connectivity index (χ3v) is 8.02. The predicted octanol–water partition coefficient (Wildman–Crippen LogP) is 4.12. The van der Waals surface area contributed by atoms with Crippen LogP contribution in [0.5, 0.6) is 0 Å². The lowest BCUT2D eigenvalue weighted by Crippen LogP contribution is -2.47. The van der Waals surface area contributed by atoms with Crippen molar-refractivity contribution in [3.05, 3.63) is 67.2 Å².